The number of hydrogen-bond acceptors (Lipinski definition) is 3. The third-order valence-corrected chi connectivity index (χ3v) is 6.43. The van der Waals surface area contributed by atoms with Crippen LogP contribution in [0.25, 0.3) is 0 Å². The summed E-state index contributed by atoms with van der Waals surface area (Å²) >= 11 is 0. The van der Waals surface area contributed by atoms with Crippen molar-refractivity contribution >= 4 is 6.03 Å². The zero-order valence-corrected chi connectivity index (χ0v) is 15.4. The summed E-state index contributed by atoms with van der Waals surface area (Å²) in [7, 11) is 0. The molecule has 2 amide bonds. The number of nitrogens with one attached hydrogen (secondary N) is 1. The zero-order valence-electron chi connectivity index (χ0n) is 15.4. The van der Waals surface area contributed by atoms with E-state index < -0.39 is 0 Å². The van der Waals surface area contributed by atoms with E-state index in [1.165, 1.54) is 19.3 Å². The second-order valence-corrected chi connectivity index (χ2v) is 8.50. The van der Waals surface area contributed by atoms with E-state index in [0.717, 1.165) is 51.3 Å². The Hall–Kier alpha value is -0.810. The monoisotopic (exact) mass is 337 g/mol. The molecule has 2 heterocycles. The Morgan fingerprint density at radius 3 is 2.88 bits per heavy atom. The maximum atomic E-state index is 12.9. The molecule has 2 saturated heterocycles. The Morgan fingerprint density at radius 2 is 2.17 bits per heavy atom. The number of hydrogen-bond donors (Lipinski definition) is 2. The van der Waals surface area contributed by atoms with Crippen molar-refractivity contribution in [1.82, 2.24) is 10.2 Å². The lowest BCUT2D eigenvalue weighted by molar-refractivity contribution is 0.0381. The fourth-order valence-electron chi connectivity index (χ4n) is 4.70. The van der Waals surface area contributed by atoms with Crippen molar-refractivity contribution < 1.29 is 9.53 Å². The fourth-order valence-corrected chi connectivity index (χ4v) is 4.70. The van der Waals surface area contributed by atoms with Crippen molar-refractivity contribution in [2.75, 3.05) is 26.2 Å². The number of carbonyl (C=O) groups is 1. The number of piperidine rings is 1. The number of rotatable bonds is 6. The molecule has 4 atom stereocenters. The van der Waals surface area contributed by atoms with Crippen molar-refractivity contribution in [3.8, 4) is 0 Å². The first kappa shape index (κ1) is 18.0. The lowest BCUT2D eigenvalue weighted by atomic mass is 9.81. The van der Waals surface area contributed by atoms with Gasteiger partial charge in [0.1, 0.15) is 0 Å². The van der Waals surface area contributed by atoms with Crippen LogP contribution in [0.3, 0.4) is 0 Å². The first-order chi connectivity index (χ1) is 11.5. The molecule has 3 N–H and O–H groups in total. The molecule has 3 fully saturated rings. The van der Waals surface area contributed by atoms with Gasteiger partial charge >= 0.3 is 6.03 Å². The van der Waals surface area contributed by atoms with Gasteiger partial charge in [0.2, 0.25) is 0 Å². The molecular weight excluding hydrogens is 302 g/mol. The van der Waals surface area contributed by atoms with Gasteiger partial charge in [0.15, 0.2) is 0 Å². The van der Waals surface area contributed by atoms with Crippen LogP contribution < -0.4 is 11.1 Å². The molecule has 3 aliphatic rings. The van der Waals surface area contributed by atoms with E-state index in [2.05, 4.69) is 24.1 Å². The molecule has 24 heavy (non-hydrogen) atoms. The Kier molecular flexibility index (Phi) is 5.70. The summed E-state index contributed by atoms with van der Waals surface area (Å²) in [5.74, 6) is 1.29. The first-order valence-corrected chi connectivity index (χ1v) is 9.91. The van der Waals surface area contributed by atoms with Gasteiger partial charge in [-0.1, -0.05) is 13.8 Å². The number of nitrogens with zero attached hydrogens (tertiary/aromatic N) is 1. The summed E-state index contributed by atoms with van der Waals surface area (Å²) in [6.07, 6.45) is 8.32. The van der Waals surface area contributed by atoms with Gasteiger partial charge in [0.25, 0.3) is 0 Å². The van der Waals surface area contributed by atoms with Crippen LogP contribution in [-0.4, -0.2) is 49.3 Å². The molecule has 0 spiro atoms. The number of amides is 2. The van der Waals surface area contributed by atoms with Crippen molar-refractivity contribution in [1.29, 1.82) is 0 Å². The molecule has 1 aliphatic carbocycles. The number of likely N-dealkylation sites (tertiary alicyclic amines) is 1. The summed E-state index contributed by atoms with van der Waals surface area (Å²) in [6, 6.07) is 0.459. The number of ether oxygens (including phenoxy) is 1. The Balaban J connectivity index is 1.56. The van der Waals surface area contributed by atoms with Crippen LogP contribution >= 0.6 is 0 Å². The van der Waals surface area contributed by atoms with Crippen molar-refractivity contribution in [2.45, 2.75) is 70.9 Å². The first-order valence-electron chi connectivity index (χ1n) is 9.91. The molecule has 2 aliphatic heterocycles. The van der Waals surface area contributed by atoms with E-state index in [-0.39, 0.29) is 11.4 Å². The number of urea groups is 1. The minimum Gasteiger partial charge on any atom is -0.377 e. The van der Waals surface area contributed by atoms with E-state index in [0.29, 0.717) is 24.6 Å². The third kappa shape index (κ3) is 3.88. The summed E-state index contributed by atoms with van der Waals surface area (Å²) in [6.45, 7) is 7.72. The highest BCUT2D eigenvalue weighted by Gasteiger charge is 2.48. The van der Waals surface area contributed by atoms with E-state index in [4.69, 9.17) is 10.5 Å². The molecule has 0 aromatic carbocycles. The molecular formula is C19H35N3O2. The lowest BCUT2D eigenvalue weighted by Gasteiger charge is -2.41. The largest absolute Gasteiger partial charge is 0.377 e. The average Bonchev–Trinajstić information content (AvgIpc) is 3.34. The minimum absolute atomic E-state index is 0.102. The minimum atomic E-state index is 0.102. The topological polar surface area (TPSA) is 67.6 Å². The second kappa shape index (κ2) is 7.61. The molecule has 5 heteroatoms. The van der Waals surface area contributed by atoms with E-state index >= 15 is 0 Å². The SMILES string of the molecule is C[C@@H]1CCCN(C(=O)NCC2(C)CCOC2C2CC2)[C@@H]1CCCN. The predicted octanol–water partition coefficient (Wildman–Crippen LogP) is 2.74. The van der Waals surface area contributed by atoms with Crippen LogP contribution in [0.2, 0.25) is 0 Å². The van der Waals surface area contributed by atoms with Gasteiger partial charge in [-0.2, -0.15) is 0 Å². The maximum Gasteiger partial charge on any atom is 0.317 e. The lowest BCUT2D eigenvalue weighted by Crippen LogP contribution is -2.53. The molecule has 1 saturated carbocycles. The predicted molar refractivity (Wildman–Crippen MR) is 95.8 cm³/mol. The molecule has 0 aromatic heterocycles. The Labute approximate surface area is 146 Å². The summed E-state index contributed by atoms with van der Waals surface area (Å²) < 4.78 is 5.98. The standard InChI is InChI=1S/C19H35N3O2/c1-14-5-4-11-22(16(14)6-3-10-20)18(23)21-13-19(2)9-12-24-17(19)15-7-8-15/h14-17H,3-13,20H2,1-2H3,(H,21,23)/t14-,16-,17?,19?/m1/s1. The fraction of sp³-hybridized carbons (Fsp3) is 0.947. The summed E-state index contributed by atoms with van der Waals surface area (Å²) in [5.41, 5.74) is 5.79. The molecule has 5 nitrogen and oxygen atoms in total. The maximum absolute atomic E-state index is 12.9. The zero-order chi connectivity index (χ0) is 17.2. The van der Waals surface area contributed by atoms with Gasteiger partial charge in [-0.15, -0.1) is 0 Å². The highest BCUT2D eigenvalue weighted by atomic mass is 16.5. The van der Waals surface area contributed by atoms with Gasteiger partial charge in [0.05, 0.1) is 6.10 Å². The van der Waals surface area contributed by atoms with Gasteiger partial charge in [-0.25, -0.2) is 4.79 Å². The number of carbonyl (C=O) groups excluding carboxylic acids is 1. The Morgan fingerprint density at radius 1 is 1.38 bits per heavy atom. The van der Waals surface area contributed by atoms with Crippen LogP contribution in [0.15, 0.2) is 0 Å². The summed E-state index contributed by atoms with van der Waals surface area (Å²) in [4.78, 5) is 14.9. The molecule has 2 unspecified atom stereocenters. The van der Waals surface area contributed by atoms with Crippen LogP contribution in [0.4, 0.5) is 4.79 Å². The number of nitrogens with two attached hydrogens (primary N) is 1. The van der Waals surface area contributed by atoms with Crippen molar-refractivity contribution in [3.05, 3.63) is 0 Å². The second-order valence-electron chi connectivity index (χ2n) is 8.50. The van der Waals surface area contributed by atoms with Crippen LogP contribution in [-0.2, 0) is 4.74 Å². The van der Waals surface area contributed by atoms with Crippen LogP contribution in [0, 0.1) is 17.3 Å². The molecule has 0 bridgehead atoms. The van der Waals surface area contributed by atoms with Crippen molar-refractivity contribution in [3.63, 3.8) is 0 Å². The smallest absolute Gasteiger partial charge is 0.317 e. The summed E-state index contributed by atoms with van der Waals surface area (Å²) in [5, 5.41) is 3.25. The van der Waals surface area contributed by atoms with E-state index in [9.17, 15) is 4.79 Å². The normalized spacial score (nSPS) is 36.8. The highest BCUT2D eigenvalue weighted by molar-refractivity contribution is 5.74. The van der Waals surface area contributed by atoms with Crippen molar-refractivity contribution in [2.24, 2.45) is 23.0 Å². The average molecular weight is 338 g/mol. The molecule has 0 radical (unpaired) electrons. The quantitative estimate of drug-likeness (QED) is 0.783. The Bertz CT molecular complexity index is 440. The van der Waals surface area contributed by atoms with Gasteiger partial charge in [-0.05, 0) is 63.3 Å². The van der Waals surface area contributed by atoms with E-state index in [1.807, 2.05) is 0 Å². The molecule has 138 valence electrons. The third-order valence-electron chi connectivity index (χ3n) is 6.43. The van der Waals surface area contributed by atoms with Gasteiger partial charge in [0, 0.05) is 31.2 Å². The molecule has 3 rings (SSSR count). The molecule has 0 aromatic rings. The van der Waals surface area contributed by atoms with E-state index in [1.54, 1.807) is 0 Å². The van der Waals surface area contributed by atoms with Crippen LogP contribution in [0.1, 0.15) is 58.8 Å². The van der Waals surface area contributed by atoms with Gasteiger partial charge < -0.3 is 20.7 Å². The van der Waals surface area contributed by atoms with Crippen LogP contribution in [0.5, 0.6) is 0 Å². The van der Waals surface area contributed by atoms with Gasteiger partial charge in [-0.3, -0.25) is 0 Å². The highest BCUT2D eigenvalue weighted by Crippen LogP contribution is 2.47.